The number of nitrogens with zero attached hydrogens (tertiary/aromatic N) is 2. The summed E-state index contributed by atoms with van der Waals surface area (Å²) in [6.45, 7) is 4.40. The largest absolute Gasteiger partial charge is 0.359 e. The summed E-state index contributed by atoms with van der Waals surface area (Å²) < 4.78 is 0. The molecule has 3 rings (SSSR count). The van der Waals surface area contributed by atoms with Gasteiger partial charge in [0, 0.05) is 25.1 Å². The van der Waals surface area contributed by atoms with Gasteiger partial charge in [-0.05, 0) is 42.3 Å². The van der Waals surface area contributed by atoms with E-state index in [0.717, 1.165) is 0 Å². The molecule has 0 bridgehead atoms. The first-order chi connectivity index (χ1) is 8.66. The molecule has 2 aromatic rings. The van der Waals surface area contributed by atoms with Gasteiger partial charge in [0.2, 0.25) is 0 Å². The monoisotopic (exact) mass is 238 g/mol. The molecule has 2 heteroatoms. The number of fused-ring (bicyclic) bond motifs is 1. The maximum absolute atomic E-state index is 2.32. The Hall–Kier alpha value is -1.96. The maximum atomic E-state index is 2.32. The van der Waals surface area contributed by atoms with E-state index in [1.807, 2.05) is 0 Å². The van der Waals surface area contributed by atoms with Crippen LogP contribution in [0.4, 0.5) is 5.69 Å². The Bertz CT molecular complexity index is 616. The lowest BCUT2D eigenvalue weighted by Gasteiger charge is -2.28. The van der Waals surface area contributed by atoms with E-state index >= 15 is 0 Å². The summed E-state index contributed by atoms with van der Waals surface area (Å²) in [5.41, 5.74) is 2.61. The molecule has 0 saturated heterocycles. The molecule has 1 atom stereocenters. The molecule has 0 spiro atoms. The Labute approximate surface area is 108 Å². The average molecular weight is 238 g/mol. The molecular weight excluding hydrogens is 220 g/mol. The number of benzene rings is 2. The second-order valence-corrected chi connectivity index (χ2v) is 4.99. The fourth-order valence-electron chi connectivity index (χ4n) is 2.52. The minimum absolute atomic E-state index is 0.380. The standard InChI is InChI=1S/C16H18N2/c1-12-10-14-6-4-5-7-15(14)11-16(12)18-9-8-17(3)13(18)2/h4-11,13H,1-3H3/t13-/m0/s1. The van der Waals surface area contributed by atoms with Crippen LogP contribution in [-0.2, 0) is 0 Å². The van der Waals surface area contributed by atoms with E-state index in [1.165, 1.54) is 22.0 Å². The fourth-order valence-corrected chi connectivity index (χ4v) is 2.52. The molecular formula is C16H18N2. The van der Waals surface area contributed by atoms with Gasteiger partial charge in [-0.15, -0.1) is 0 Å². The summed E-state index contributed by atoms with van der Waals surface area (Å²) in [6.07, 6.45) is 4.66. The molecule has 1 heterocycles. The fraction of sp³-hybridized carbons (Fsp3) is 0.250. The summed E-state index contributed by atoms with van der Waals surface area (Å²) in [7, 11) is 2.11. The van der Waals surface area contributed by atoms with E-state index in [0.29, 0.717) is 6.17 Å². The van der Waals surface area contributed by atoms with Crippen LogP contribution in [0.5, 0.6) is 0 Å². The van der Waals surface area contributed by atoms with Crippen molar-refractivity contribution in [3.05, 3.63) is 54.4 Å². The molecule has 18 heavy (non-hydrogen) atoms. The van der Waals surface area contributed by atoms with E-state index in [9.17, 15) is 0 Å². The molecule has 0 saturated carbocycles. The summed E-state index contributed by atoms with van der Waals surface area (Å²) in [5, 5.41) is 2.61. The van der Waals surface area contributed by atoms with Gasteiger partial charge in [0.15, 0.2) is 0 Å². The third-order valence-corrected chi connectivity index (χ3v) is 3.80. The van der Waals surface area contributed by atoms with Crippen molar-refractivity contribution in [2.75, 3.05) is 11.9 Å². The number of hydrogen-bond acceptors (Lipinski definition) is 2. The van der Waals surface area contributed by atoms with Gasteiger partial charge in [-0.3, -0.25) is 0 Å². The highest BCUT2D eigenvalue weighted by Gasteiger charge is 2.21. The van der Waals surface area contributed by atoms with E-state index in [1.54, 1.807) is 0 Å². The Morgan fingerprint density at radius 2 is 1.67 bits per heavy atom. The van der Waals surface area contributed by atoms with Gasteiger partial charge in [-0.2, -0.15) is 0 Å². The molecule has 0 N–H and O–H groups in total. The Morgan fingerprint density at radius 3 is 2.28 bits per heavy atom. The highest BCUT2D eigenvalue weighted by atomic mass is 15.4. The molecule has 2 nitrogen and oxygen atoms in total. The smallest absolute Gasteiger partial charge is 0.102 e. The molecule has 1 aliphatic heterocycles. The first-order valence-corrected chi connectivity index (χ1v) is 6.35. The van der Waals surface area contributed by atoms with E-state index in [4.69, 9.17) is 0 Å². The zero-order valence-electron chi connectivity index (χ0n) is 11.1. The van der Waals surface area contributed by atoms with Crippen molar-refractivity contribution < 1.29 is 0 Å². The topological polar surface area (TPSA) is 6.48 Å². The normalized spacial score (nSPS) is 18.9. The predicted octanol–water partition coefficient (Wildman–Crippen LogP) is 3.72. The highest BCUT2D eigenvalue weighted by Crippen LogP contribution is 2.30. The lowest BCUT2D eigenvalue weighted by molar-refractivity contribution is 0.383. The maximum Gasteiger partial charge on any atom is 0.102 e. The molecule has 0 aromatic heterocycles. The first kappa shape index (κ1) is 11.1. The Kier molecular flexibility index (Phi) is 2.51. The van der Waals surface area contributed by atoms with Crippen LogP contribution >= 0.6 is 0 Å². The van der Waals surface area contributed by atoms with Crippen molar-refractivity contribution in [3.63, 3.8) is 0 Å². The third kappa shape index (κ3) is 1.65. The molecule has 2 aromatic carbocycles. The van der Waals surface area contributed by atoms with Crippen molar-refractivity contribution >= 4 is 16.5 Å². The molecule has 0 aliphatic carbocycles. The average Bonchev–Trinajstić information content (AvgIpc) is 2.69. The van der Waals surface area contributed by atoms with Gasteiger partial charge < -0.3 is 9.80 Å². The van der Waals surface area contributed by atoms with E-state index in [-0.39, 0.29) is 0 Å². The highest BCUT2D eigenvalue weighted by molar-refractivity contribution is 5.87. The second kappa shape index (κ2) is 4.05. The SMILES string of the molecule is Cc1cc2ccccc2cc1N1C=CN(C)[C@@H]1C. The number of aryl methyl sites for hydroxylation is 1. The minimum atomic E-state index is 0.380. The van der Waals surface area contributed by atoms with Gasteiger partial charge in [-0.25, -0.2) is 0 Å². The summed E-state index contributed by atoms with van der Waals surface area (Å²) in [6, 6.07) is 13.1. The molecule has 0 unspecified atom stereocenters. The van der Waals surface area contributed by atoms with Crippen LogP contribution in [0.3, 0.4) is 0 Å². The molecule has 0 radical (unpaired) electrons. The number of rotatable bonds is 1. The lowest BCUT2D eigenvalue weighted by atomic mass is 10.0. The van der Waals surface area contributed by atoms with Crippen molar-refractivity contribution in [1.29, 1.82) is 0 Å². The molecule has 92 valence electrons. The Morgan fingerprint density at radius 1 is 1.00 bits per heavy atom. The minimum Gasteiger partial charge on any atom is -0.359 e. The number of hydrogen-bond donors (Lipinski definition) is 0. The van der Waals surface area contributed by atoms with Crippen LogP contribution < -0.4 is 4.90 Å². The first-order valence-electron chi connectivity index (χ1n) is 6.35. The second-order valence-electron chi connectivity index (χ2n) is 4.99. The summed E-state index contributed by atoms with van der Waals surface area (Å²) in [5.74, 6) is 0. The van der Waals surface area contributed by atoms with Gasteiger partial charge in [-0.1, -0.05) is 24.3 Å². The Balaban J connectivity index is 2.12. The predicted molar refractivity (Wildman–Crippen MR) is 77.5 cm³/mol. The van der Waals surface area contributed by atoms with Crippen LogP contribution in [-0.4, -0.2) is 18.1 Å². The van der Waals surface area contributed by atoms with Crippen molar-refractivity contribution in [1.82, 2.24) is 4.90 Å². The van der Waals surface area contributed by atoms with Gasteiger partial charge in [0.1, 0.15) is 6.17 Å². The molecule has 1 aliphatic rings. The zero-order chi connectivity index (χ0) is 12.7. The zero-order valence-corrected chi connectivity index (χ0v) is 11.1. The summed E-state index contributed by atoms with van der Waals surface area (Å²) >= 11 is 0. The van der Waals surface area contributed by atoms with Gasteiger partial charge in [0.25, 0.3) is 0 Å². The van der Waals surface area contributed by atoms with Crippen molar-refractivity contribution in [2.45, 2.75) is 20.0 Å². The number of anilines is 1. The molecule has 0 amide bonds. The third-order valence-electron chi connectivity index (χ3n) is 3.80. The van der Waals surface area contributed by atoms with Crippen LogP contribution in [0.15, 0.2) is 48.8 Å². The van der Waals surface area contributed by atoms with Crippen molar-refractivity contribution in [3.8, 4) is 0 Å². The summed E-state index contributed by atoms with van der Waals surface area (Å²) in [4.78, 5) is 4.54. The van der Waals surface area contributed by atoms with E-state index in [2.05, 4.69) is 79.5 Å². The van der Waals surface area contributed by atoms with E-state index < -0.39 is 0 Å². The molecule has 0 fully saturated rings. The van der Waals surface area contributed by atoms with Crippen LogP contribution in [0.2, 0.25) is 0 Å². The van der Waals surface area contributed by atoms with Crippen LogP contribution in [0, 0.1) is 6.92 Å². The van der Waals surface area contributed by atoms with Gasteiger partial charge in [0.05, 0.1) is 0 Å². The quantitative estimate of drug-likeness (QED) is 0.747. The van der Waals surface area contributed by atoms with Gasteiger partial charge >= 0.3 is 0 Å². The lowest BCUT2D eigenvalue weighted by Crippen LogP contribution is -2.33. The van der Waals surface area contributed by atoms with Crippen LogP contribution in [0.25, 0.3) is 10.8 Å². The van der Waals surface area contributed by atoms with Crippen LogP contribution in [0.1, 0.15) is 12.5 Å². The van der Waals surface area contributed by atoms with Crippen molar-refractivity contribution in [2.24, 2.45) is 0 Å².